The van der Waals surface area contributed by atoms with Crippen LogP contribution in [0.2, 0.25) is 0 Å². The van der Waals surface area contributed by atoms with Crippen molar-refractivity contribution in [3.05, 3.63) is 71.5 Å². The van der Waals surface area contributed by atoms with Crippen LogP contribution >= 0.6 is 0 Å². The molecule has 0 saturated carbocycles. The van der Waals surface area contributed by atoms with Gasteiger partial charge < -0.3 is 20.7 Å². The zero-order chi connectivity index (χ0) is 23.7. The second-order valence-electron chi connectivity index (χ2n) is 7.87. The zero-order valence-electron chi connectivity index (χ0n) is 18.3. The Morgan fingerprint density at radius 1 is 0.906 bits per heavy atom. The van der Waals surface area contributed by atoms with Crippen molar-refractivity contribution in [1.29, 1.82) is 0 Å². The molecule has 0 aliphatic heterocycles. The second kappa shape index (κ2) is 11.7. The molecule has 7 nitrogen and oxygen atoms in total. The minimum Gasteiger partial charge on any atom is -0.345 e. The third-order valence-electron chi connectivity index (χ3n) is 4.91. The molecule has 0 aliphatic carbocycles. The summed E-state index contributed by atoms with van der Waals surface area (Å²) in [5.41, 5.74) is 0.873. The van der Waals surface area contributed by atoms with Gasteiger partial charge in [-0.15, -0.1) is 0 Å². The Bertz CT molecular complexity index is 949. The lowest BCUT2D eigenvalue weighted by Crippen LogP contribution is -2.55. The molecule has 3 N–H and O–H groups in total. The van der Waals surface area contributed by atoms with Gasteiger partial charge in [0.05, 0.1) is 6.04 Å². The highest BCUT2D eigenvalue weighted by Gasteiger charge is 2.26. The number of benzene rings is 2. The van der Waals surface area contributed by atoms with Crippen molar-refractivity contribution in [1.82, 2.24) is 16.0 Å². The number of aldehydes is 1. The number of hydrogen-bond acceptors (Lipinski definition) is 4. The Morgan fingerprint density at radius 2 is 1.59 bits per heavy atom. The quantitative estimate of drug-likeness (QED) is 0.491. The number of carbonyl (C=O) groups is 4. The van der Waals surface area contributed by atoms with E-state index in [0.717, 1.165) is 0 Å². The van der Waals surface area contributed by atoms with E-state index in [1.807, 2.05) is 0 Å². The molecular weight excluding hydrogens is 413 g/mol. The highest BCUT2D eigenvalue weighted by Crippen LogP contribution is 2.09. The molecule has 0 bridgehead atoms. The Labute approximate surface area is 186 Å². The van der Waals surface area contributed by atoms with Gasteiger partial charge in [0.1, 0.15) is 24.2 Å². The molecule has 0 radical (unpaired) electrons. The highest BCUT2D eigenvalue weighted by molar-refractivity contribution is 5.98. The van der Waals surface area contributed by atoms with E-state index < -0.39 is 41.7 Å². The van der Waals surface area contributed by atoms with E-state index in [1.54, 1.807) is 50.2 Å². The Balaban J connectivity index is 2.14. The fourth-order valence-electron chi connectivity index (χ4n) is 2.97. The molecule has 8 heteroatoms. The van der Waals surface area contributed by atoms with Crippen molar-refractivity contribution < 1.29 is 23.6 Å². The molecule has 0 aliphatic rings. The molecular formula is C24H28FN3O4. The van der Waals surface area contributed by atoms with Crippen molar-refractivity contribution in [2.75, 3.05) is 0 Å². The minimum atomic E-state index is -1.05. The average molecular weight is 442 g/mol. The average Bonchev–Trinajstić information content (AvgIpc) is 2.77. The van der Waals surface area contributed by atoms with Crippen molar-refractivity contribution in [3.8, 4) is 0 Å². The lowest BCUT2D eigenvalue weighted by atomic mass is 10.0. The number of carbonyl (C=O) groups excluding carboxylic acids is 4. The van der Waals surface area contributed by atoms with Gasteiger partial charge in [0.2, 0.25) is 11.8 Å². The fourth-order valence-corrected chi connectivity index (χ4v) is 2.97. The van der Waals surface area contributed by atoms with Crippen LogP contribution in [0, 0.1) is 11.7 Å². The van der Waals surface area contributed by atoms with Gasteiger partial charge in [0.15, 0.2) is 0 Å². The van der Waals surface area contributed by atoms with Crippen molar-refractivity contribution in [3.63, 3.8) is 0 Å². The van der Waals surface area contributed by atoms with E-state index in [0.29, 0.717) is 17.4 Å². The molecule has 0 heterocycles. The predicted molar refractivity (Wildman–Crippen MR) is 118 cm³/mol. The summed E-state index contributed by atoms with van der Waals surface area (Å²) in [7, 11) is 0. The van der Waals surface area contributed by atoms with Crippen molar-refractivity contribution >= 4 is 24.0 Å². The first-order valence-corrected chi connectivity index (χ1v) is 10.4. The Hall–Kier alpha value is -3.55. The fraction of sp³-hybridized carbons (Fsp3) is 0.333. The summed E-state index contributed by atoms with van der Waals surface area (Å²) in [4.78, 5) is 49.1. The van der Waals surface area contributed by atoms with Crippen LogP contribution in [-0.4, -0.2) is 42.1 Å². The number of nitrogens with one attached hydrogen (secondary N) is 3. The maximum atomic E-state index is 13.6. The summed E-state index contributed by atoms with van der Waals surface area (Å²) in [6.07, 6.45) is 0.670. The second-order valence-corrected chi connectivity index (χ2v) is 7.87. The SMILES string of the molecule is CC(C)[C@@H](C=O)NC(=O)[C@H](C)NC(=O)[C@@H](Cc1cccc(F)c1)NC(=O)c1ccccc1. The molecule has 2 rings (SSSR count). The smallest absolute Gasteiger partial charge is 0.251 e. The van der Waals surface area contributed by atoms with Gasteiger partial charge in [0, 0.05) is 12.0 Å². The van der Waals surface area contributed by atoms with Crippen molar-refractivity contribution in [2.24, 2.45) is 5.92 Å². The van der Waals surface area contributed by atoms with Crippen LogP contribution in [-0.2, 0) is 20.8 Å². The van der Waals surface area contributed by atoms with Crippen LogP contribution in [0.5, 0.6) is 0 Å². The van der Waals surface area contributed by atoms with Crippen LogP contribution in [0.25, 0.3) is 0 Å². The lowest BCUT2D eigenvalue weighted by Gasteiger charge is -2.23. The van der Waals surface area contributed by atoms with Crippen LogP contribution < -0.4 is 16.0 Å². The molecule has 0 saturated heterocycles. The number of halogens is 1. The van der Waals surface area contributed by atoms with E-state index >= 15 is 0 Å². The van der Waals surface area contributed by atoms with Gasteiger partial charge in [-0.25, -0.2) is 4.39 Å². The maximum Gasteiger partial charge on any atom is 0.251 e. The molecule has 170 valence electrons. The Kier molecular flexibility index (Phi) is 9.07. The third-order valence-corrected chi connectivity index (χ3v) is 4.91. The maximum absolute atomic E-state index is 13.6. The molecule has 2 aromatic rings. The highest BCUT2D eigenvalue weighted by atomic mass is 19.1. The first-order chi connectivity index (χ1) is 15.2. The van der Waals surface area contributed by atoms with E-state index in [4.69, 9.17) is 0 Å². The molecule has 3 amide bonds. The zero-order valence-corrected chi connectivity index (χ0v) is 18.3. The van der Waals surface area contributed by atoms with E-state index in [9.17, 15) is 23.6 Å². The number of amides is 3. The van der Waals surface area contributed by atoms with Crippen LogP contribution in [0.1, 0.15) is 36.7 Å². The topological polar surface area (TPSA) is 104 Å². The van der Waals surface area contributed by atoms with Gasteiger partial charge in [-0.05, 0) is 42.7 Å². The normalized spacial score (nSPS) is 13.5. The van der Waals surface area contributed by atoms with Crippen LogP contribution in [0.3, 0.4) is 0 Å². The summed E-state index contributed by atoms with van der Waals surface area (Å²) in [6, 6.07) is 11.4. The summed E-state index contributed by atoms with van der Waals surface area (Å²) >= 11 is 0. The van der Waals surface area contributed by atoms with Crippen LogP contribution in [0.4, 0.5) is 4.39 Å². The van der Waals surface area contributed by atoms with E-state index in [2.05, 4.69) is 16.0 Å². The van der Waals surface area contributed by atoms with E-state index in [1.165, 1.54) is 25.1 Å². The summed E-state index contributed by atoms with van der Waals surface area (Å²) in [5.74, 6) is -2.17. The van der Waals surface area contributed by atoms with Crippen molar-refractivity contribution in [2.45, 2.75) is 45.3 Å². The molecule has 32 heavy (non-hydrogen) atoms. The van der Waals surface area contributed by atoms with Gasteiger partial charge in [-0.2, -0.15) is 0 Å². The summed E-state index contributed by atoms with van der Waals surface area (Å²) < 4.78 is 13.6. The van der Waals surface area contributed by atoms with Gasteiger partial charge >= 0.3 is 0 Å². The standard InChI is InChI=1S/C24H28FN3O4/c1-15(2)21(14-29)28-22(30)16(3)26-24(32)20(13-17-8-7-11-19(25)12-17)27-23(31)18-9-5-4-6-10-18/h4-12,14-16,20-21H,13H2,1-3H3,(H,26,32)(H,27,31)(H,28,30)/t16-,20+,21+/m0/s1. The summed E-state index contributed by atoms with van der Waals surface area (Å²) in [5, 5.41) is 7.79. The Morgan fingerprint density at radius 3 is 2.19 bits per heavy atom. The molecule has 2 aromatic carbocycles. The lowest BCUT2D eigenvalue weighted by molar-refractivity contribution is -0.130. The van der Waals surface area contributed by atoms with Crippen LogP contribution in [0.15, 0.2) is 54.6 Å². The molecule has 3 atom stereocenters. The largest absolute Gasteiger partial charge is 0.345 e. The first kappa shape index (κ1) is 24.7. The summed E-state index contributed by atoms with van der Waals surface area (Å²) in [6.45, 7) is 5.06. The molecule has 0 aromatic heterocycles. The third kappa shape index (κ3) is 7.30. The number of hydrogen-bond donors (Lipinski definition) is 3. The predicted octanol–water partition coefficient (Wildman–Crippen LogP) is 2.01. The van der Waals surface area contributed by atoms with Gasteiger partial charge in [-0.3, -0.25) is 14.4 Å². The molecule has 0 unspecified atom stereocenters. The minimum absolute atomic E-state index is 0.0272. The van der Waals surface area contributed by atoms with Gasteiger partial charge in [-0.1, -0.05) is 44.2 Å². The molecule has 0 spiro atoms. The molecule has 0 fully saturated rings. The number of rotatable bonds is 10. The first-order valence-electron chi connectivity index (χ1n) is 10.4. The monoisotopic (exact) mass is 441 g/mol. The van der Waals surface area contributed by atoms with E-state index in [-0.39, 0.29) is 12.3 Å². The van der Waals surface area contributed by atoms with Gasteiger partial charge in [0.25, 0.3) is 5.91 Å².